The molecule has 0 heterocycles. The average Bonchev–Trinajstić information content (AvgIpc) is 3.19. The van der Waals surface area contributed by atoms with Gasteiger partial charge >= 0.3 is 11.9 Å². The third kappa shape index (κ3) is 30.3. The molecular weight excluding hydrogens is 801 g/mol. The van der Waals surface area contributed by atoms with E-state index in [2.05, 4.69) is 42.5 Å². The van der Waals surface area contributed by atoms with E-state index >= 15 is 0 Å². The predicted molar refractivity (Wildman–Crippen MR) is 222 cm³/mol. The molecule has 18 N–H and O–H groups in total. The van der Waals surface area contributed by atoms with Crippen molar-refractivity contribution in [1.29, 1.82) is 0 Å². The Bertz CT molecular complexity index is 1160. The summed E-state index contributed by atoms with van der Waals surface area (Å²) in [5.41, 5.74) is 21.9. The van der Waals surface area contributed by atoms with Crippen LogP contribution in [0.3, 0.4) is 0 Å². The molecule has 0 aromatic rings. The Morgan fingerprint density at radius 3 is 1.19 bits per heavy atom. The van der Waals surface area contributed by atoms with Gasteiger partial charge in [-0.15, -0.1) is 0 Å². The van der Waals surface area contributed by atoms with E-state index in [1.807, 2.05) is 0 Å². The first kappa shape index (κ1) is 54.2. The molecular formula is C34H66N12O10S2. The Kier molecular flexibility index (Phi) is 32.9. The molecule has 58 heavy (non-hydrogen) atoms. The van der Waals surface area contributed by atoms with Gasteiger partial charge in [-0.25, -0.2) is 0 Å². The van der Waals surface area contributed by atoms with Crippen LogP contribution in [0.15, 0.2) is 0 Å². The Morgan fingerprint density at radius 2 is 0.845 bits per heavy atom. The van der Waals surface area contributed by atoms with Gasteiger partial charge in [0.05, 0.1) is 13.1 Å². The number of aliphatic carboxylic acids is 2. The van der Waals surface area contributed by atoms with Crippen molar-refractivity contribution < 1.29 is 48.6 Å². The molecule has 0 spiro atoms. The second kappa shape index (κ2) is 35.2. The summed E-state index contributed by atoms with van der Waals surface area (Å²) in [6, 6.07) is -4.98. The smallest absolute Gasteiger partial charge is 0.320 e. The minimum absolute atomic E-state index is 0.0787. The lowest BCUT2D eigenvalue weighted by Gasteiger charge is -2.20. The van der Waals surface area contributed by atoms with Crippen LogP contribution < -0.4 is 65.5 Å². The number of carbonyl (C=O) groups is 8. The third-order valence-electron chi connectivity index (χ3n) is 8.02. The maximum Gasteiger partial charge on any atom is 0.320 e. The van der Waals surface area contributed by atoms with Gasteiger partial charge in [0, 0.05) is 37.4 Å². The standard InChI is InChI=1S/C34H66N12O10S2/c35-11-1-3-13-39-15-5-17-41-29(49)19-43-31(51)25(45-27(47)9-7-23(37)33(53)54)21-57-58-22-26(46-28(48)10-8-24(38)34(55)56)32(52)44-20-30(50)42-18-6-16-40-14-4-2-12-36/h23-26,39-40H,1-22,35-38H2,(H,41,49)(H,42,50)(H,43,51)(H,44,52)(H,45,47)(H,46,48)(H,53,54)(H,55,56)/t23-,24-,25+,26+/m1/s1. The molecule has 4 atom stereocenters. The van der Waals surface area contributed by atoms with Crippen LogP contribution in [0.2, 0.25) is 0 Å². The second-order valence-corrected chi connectivity index (χ2v) is 15.7. The number of hydrogen-bond donors (Lipinski definition) is 14. The summed E-state index contributed by atoms with van der Waals surface area (Å²) in [6.45, 7) is 4.21. The zero-order valence-corrected chi connectivity index (χ0v) is 34.8. The molecule has 22 nitrogen and oxygen atoms in total. The Balaban J connectivity index is 5.32. The SMILES string of the molecule is NCCCCNCCCNC(=O)CNC(=O)[C@H](CSSC[C@H](NC(=O)CC[C@@H](N)C(=O)O)C(=O)NCC(=O)NCCCNCCCCN)NC(=O)CC[C@@H](N)C(=O)O. The third-order valence-corrected chi connectivity index (χ3v) is 10.4. The first-order chi connectivity index (χ1) is 27.7. The maximum absolute atomic E-state index is 13.1. The van der Waals surface area contributed by atoms with Crippen LogP contribution in [0, 0.1) is 0 Å². The highest BCUT2D eigenvalue weighted by Gasteiger charge is 2.26. The number of amides is 6. The topological polar surface area (TPSA) is 377 Å². The second-order valence-electron chi connectivity index (χ2n) is 13.1. The lowest BCUT2D eigenvalue weighted by Crippen LogP contribution is -2.51. The largest absolute Gasteiger partial charge is 0.480 e. The fourth-order valence-corrected chi connectivity index (χ4v) is 6.91. The van der Waals surface area contributed by atoms with Crippen molar-refractivity contribution in [3.63, 3.8) is 0 Å². The highest BCUT2D eigenvalue weighted by molar-refractivity contribution is 8.76. The van der Waals surface area contributed by atoms with Gasteiger partial charge in [0.25, 0.3) is 0 Å². The van der Waals surface area contributed by atoms with Gasteiger partial charge in [-0.2, -0.15) is 0 Å². The molecule has 0 saturated heterocycles. The van der Waals surface area contributed by atoms with E-state index in [0.29, 0.717) is 52.1 Å². The van der Waals surface area contributed by atoms with Crippen molar-refractivity contribution >= 4 is 69.0 Å². The molecule has 334 valence electrons. The maximum atomic E-state index is 13.1. The van der Waals surface area contributed by atoms with Crippen LogP contribution in [0.5, 0.6) is 0 Å². The number of hydrogen-bond acceptors (Lipinski definition) is 16. The van der Waals surface area contributed by atoms with Crippen molar-refractivity contribution in [1.82, 2.24) is 42.5 Å². The number of carbonyl (C=O) groups excluding carboxylic acids is 6. The number of nitrogens with two attached hydrogens (primary N) is 4. The van der Waals surface area contributed by atoms with Crippen molar-refractivity contribution in [3.8, 4) is 0 Å². The molecule has 0 fully saturated rings. The summed E-state index contributed by atoms with van der Waals surface area (Å²) < 4.78 is 0. The summed E-state index contributed by atoms with van der Waals surface area (Å²) >= 11 is 0. The Hall–Kier alpha value is -3.78. The average molecular weight is 867 g/mol. The number of carboxylic acid groups (broad SMARTS) is 2. The van der Waals surface area contributed by atoms with E-state index in [1.54, 1.807) is 0 Å². The number of rotatable bonds is 37. The van der Waals surface area contributed by atoms with E-state index in [4.69, 9.17) is 33.1 Å². The van der Waals surface area contributed by atoms with Gasteiger partial charge in [-0.05, 0) is 90.6 Å². The quantitative estimate of drug-likeness (QED) is 0.0207. The van der Waals surface area contributed by atoms with E-state index in [9.17, 15) is 38.4 Å². The summed E-state index contributed by atoms with van der Waals surface area (Å²) in [6.07, 6.45) is 4.06. The minimum atomic E-state index is -1.30. The fourth-order valence-electron chi connectivity index (χ4n) is 4.58. The molecule has 24 heteroatoms. The lowest BCUT2D eigenvalue weighted by atomic mass is 10.1. The molecule has 0 saturated carbocycles. The monoisotopic (exact) mass is 866 g/mol. The first-order valence-electron chi connectivity index (χ1n) is 19.4. The first-order valence-corrected chi connectivity index (χ1v) is 21.9. The van der Waals surface area contributed by atoms with Crippen LogP contribution in [-0.2, 0) is 38.4 Å². The summed E-state index contributed by atoms with van der Waals surface area (Å²) in [7, 11) is 2.10. The van der Waals surface area contributed by atoms with Crippen molar-refractivity contribution in [2.24, 2.45) is 22.9 Å². The highest BCUT2D eigenvalue weighted by atomic mass is 33.1. The Morgan fingerprint density at radius 1 is 0.483 bits per heavy atom. The van der Waals surface area contributed by atoms with Gasteiger partial charge in [-0.3, -0.25) is 38.4 Å². The van der Waals surface area contributed by atoms with Crippen molar-refractivity contribution in [3.05, 3.63) is 0 Å². The molecule has 0 aliphatic carbocycles. The van der Waals surface area contributed by atoms with Crippen LogP contribution >= 0.6 is 21.6 Å². The number of carboxylic acids is 2. The van der Waals surface area contributed by atoms with Gasteiger partial charge in [0.2, 0.25) is 35.4 Å². The van der Waals surface area contributed by atoms with Gasteiger partial charge < -0.3 is 75.7 Å². The molecule has 6 amide bonds. The van der Waals surface area contributed by atoms with Crippen molar-refractivity contribution in [2.45, 2.75) is 88.4 Å². The molecule has 0 unspecified atom stereocenters. The number of nitrogens with one attached hydrogen (secondary N) is 8. The predicted octanol–water partition coefficient (Wildman–Crippen LogP) is -4.38. The molecule has 0 aromatic carbocycles. The number of unbranched alkanes of at least 4 members (excludes halogenated alkanes) is 2. The van der Waals surface area contributed by atoms with Gasteiger partial charge in [0.1, 0.15) is 24.2 Å². The zero-order valence-electron chi connectivity index (χ0n) is 33.2. The fraction of sp³-hybridized carbons (Fsp3) is 0.765. The van der Waals surface area contributed by atoms with Crippen LogP contribution in [0.4, 0.5) is 0 Å². The Labute approximate surface area is 347 Å². The lowest BCUT2D eigenvalue weighted by molar-refractivity contribution is -0.140. The van der Waals surface area contributed by atoms with Crippen molar-refractivity contribution in [2.75, 3.05) is 77.0 Å². The molecule has 0 aromatic heterocycles. The normalized spacial score (nSPS) is 13.0. The van der Waals surface area contributed by atoms with E-state index in [1.165, 1.54) is 0 Å². The summed E-state index contributed by atoms with van der Waals surface area (Å²) in [5, 5.41) is 39.9. The van der Waals surface area contributed by atoms with E-state index in [0.717, 1.165) is 60.4 Å². The summed E-state index contributed by atoms with van der Waals surface area (Å²) in [5.74, 6) is -6.38. The van der Waals surface area contributed by atoms with E-state index < -0.39 is 71.5 Å². The van der Waals surface area contributed by atoms with Crippen LogP contribution in [-0.4, -0.2) is 159 Å². The molecule has 0 rings (SSSR count). The molecule has 0 radical (unpaired) electrons. The van der Waals surface area contributed by atoms with Gasteiger partial charge in [0.15, 0.2) is 0 Å². The van der Waals surface area contributed by atoms with Crippen LogP contribution in [0.25, 0.3) is 0 Å². The molecule has 0 bridgehead atoms. The molecule has 0 aliphatic rings. The zero-order chi connectivity index (χ0) is 43.6. The highest BCUT2D eigenvalue weighted by Crippen LogP contribution is 2.23. The van der Waals surface area contributed by atoms with Crippen LogP contribution in [0.1, 0.15) is 64.2 Å². The van der Waals surface area contributed by atoms with Gasteiger partial charge in [-0.1, -0.05) is 21.6 Å². The van der Waals surface area contributed by atoms with E-state index in [-0.39, 0.29) is 50.3 Å². The molecule has 0 aliphatic heterocycles. The summed E-state index contributed by atoms with van der Waals surface area (Å²) in [4.78, 5) is 98.4. The minimum Gasteiger partial charge on any atom is -0.480 e.